The van der Waals surface area contributed by atoms with Crippen LogP contribution in [-0.4, -0.2) is 39.3 Å². The smallest absolute Gasteiger partial charge is 0.317 e. The van der Waals surface area contributed by atoms with Crippen molar-refractivity contribution in [1.82, 2.24) is 19.6 Å². The van der Waals surface area contributed by atoms with E-state index in [1.165, 1.54) is 0 Å². The zero-order chi connectivity index (χ0) is 16.9. The number of para-hydroxylation sites is 1. The van der Waals surface area contributed by atoms with Crippen molar-refractivity contribution in [2.75, 3.05) is 19.0 Å². The molecule has 8 nitrogen and oxygen atoms in total. The van der Waals surface area contributed by atoms with Crippen molar-refractivity contribution in [3.8, 4) is 16.9 Å². The Bertz CT molecular complexity index is 824. The van der Waals surface area contributed by atoms with Gasteiger partial charge in [-0.25, -0.2) is 9.48 Å². The number of primary amides is 1. The van der Waals surface area contributed by atoms with Crippen molar-refractivity contribution in [1.29, 1.82) is 0 Å². The Labute approximate surface area is 138 Å². The number of rotatable bonds is 6. The van der Waals surface area contributed by atoms with Crippen molar-refractivity contribution in [3.63, 3.8) is 0 Å². The molecule has 24 heavy (non-hydrogen) atoms. The van der Waals surface area contributed by atoms with E-state index in [0.29, 0.717) is 24.7 Å². The fraction of sp³-hybridized carbons (Fsp3) is 0.188. The molecule has 2 amide bonds. The molecule has 3 aromatic rings. The van der Waals surface area contributed by atoms with Crippen LogP contribution in [0, 0.1) is 0 Å². The minimum absolute atomic E-state index is 0.494. The van der Waals surface area contributed by atoms with Gasteiger partial charge in [0.05, 0.1) is 30.7 Å². The van der Waals surface area contributed by atoms with Gasteiger partial charge in [-0.2, -0.15) is 10.2 Å². The second-order valence-electron chi connectivity index (χ2n) is 5.14. The maximum atomic E-state index is 11.3. The SMILES string of the molecule is COCCn1cc(-c2cc(NC(N)=O)n(-c3ccccc3)n2)cn1. The van der Waals surface area contributed by atoms with Gasteiger partial charge >= 0.3 is 6.03 Å². The van der Waals surface area contributed by atoms with E-state index in [0.717, 1.165) is 11.3 Å². The maximum Gasteiger partial charge on any atom is 0.317 e. The number of methoxy groups -OCH3 is 1. The highest BCUT2D eigenvalue weighted by Gasteiger charge is 2.13. The molecular weight excluding hydrogens is 308 g/mol. The van der Waals surface area contributed by atoms with Crippen LogP contribution in [0.2, 0.25) is 0 Å². The van der Waals surface area contributed by atoms with Gasteiger partial charge in [0, 0.05) is 24.9 Å². The second kappa shape index (κ2) is 6.97. The number of anilines is 1. The number of nitrogens with one attached hydrogen (secondary N) is 1. The van der Waals surface area contributed by atoms with E-state index < -0.39 is 6.03 Å². The van der Waals surface area contributed by atoms with Crippen LogP contribution in [0.25, 0.3) is 16.9 Å². The minimum Gasteiger partial charge on any atom is -0.383 e. The van der Waals surface area contributed by atoms with Crippen LogP contribution < -0.4 is 11.1 Å². The van der Waals surface area contributed by atoms with Crippen LogP contribution in [0.3, 0.4) is 0 Å². The molecule has 1 aromatic carbocycles. The largest absolute Gasteiger partial charge is 0.383 e. The van der Waals surface area contributed by atoms with Crippen LogP contribution in [0.1, 0.15) is 0 Å². The summed E-state index contributed by atoms with van der Waals surface area (Å²) in [6.07, 6.45) is 3.60. The molecule has 2 aromatic heterocycles. The number of aromatic nitrogens is 4. The van der Waals surface area contributed by atoms with E-state index in [-0.39, 0.29) is 0 Å². The Morgan fingerprint density at radius 2 is 2.12 bits per heavy atom. The summed E-state index contributed by atoms with van der Waals surface area (Å²) < 4.78 is 8.45. The molecular formula is C16H18N6O2. The first-order chi connectivity index (χ1) is 11.7. The summed E-state index contributed by atoms with van der Waals surface area (Å²) in [5.74, 6) is 0.494. The first kappa shape index (κ1) is 15.8. The fourth-order valence-electron chi connectivity index (χ4n) is 2.31. The molecule has 0 spiro atoms. The van der Waals surface area contributed by atoms with Crippen LogP contribution >= 0.6 is 0 Å². The summed E-state index contributed by atoms with van der Waals surface area (Å²) >= 11 is 0. The summed E-state index contributed by atoms with van der Waals surface area (Å²) in [5.41, 5.74) is 7.60. The Balaban J connectivity index is 1.96. The number of ether oxygens (including phenoxy) is 1. The van der Waals surface area contributed by atoms with Crippen LogP contribution in [0.4, 0.5) is 10.6 Å². The number of urea groups is 1. The maximum absolute atomic E-state index is 11.3. The van der Waals surface area contributed by atoms with E-state index in [4.69, 9.17) is 10.5 Å². The van der Waals surface area contributed by atoms with Crippen molar-refractivity contribution in [2.45, 2.75) is 6.54 Å². The molecule has 3 N–H and O–H groups in total. The fourth-order valence-corrected chi connectivity index (χ4v) is 2.31. The molecule has 8 heteroatoms. The first-order valence-electron chi connectivity index (χ1n) is 7.41. The van der Waals surface area contributed by atoms with Crippen molar-refractivity contribution < 1.29 is 9.53 Å². The highest BCUT2D eigenvalue weighted by Crippen LogP contribution is 2.24. The Morgan fingerprint density at radius 3 is 2.83 bits per heavy atom. The van der Waals surface area contributed by atoms with Crippen molar-refractivity contribution in [3.05, 3.63) is 48.8 Å². The predicted octanol–water partition coefficient (Wildman–Crippen LogP) is 1.87. The zero-order valence-electron chi connectivity index (χ0n) is 13.2. The van der Waals surface area contributed by atoms with Gasteiger partial charge in [0.2, 0.25) is 0 Å². The van der Waals surface area contributed by atoms with E-state index in [9.17, 15) is 4.79 Å². The number of hydrogen-bond donors (Lipinski definition) is 2. The van der Waals surface area contributed by atoms with Gasteiger partial charge in [0.15, 0.2) is 0 Å². The molecule has 0 saturated carbocycles. The Kier molecular flexibility index (Phi) is 4.57. The monoisotopic (exact) mass is 326 g/mol. The molecule has 0 aliphatic heterocycles. The summed E-state index contributed by atoms with van der Waals surface area (Å²) in [6, 6.07) is 10.6. The average molecular weight is 326 g/mol. The summed E-state index contributed by atoms with van der Waals surface area (Å²) in [4.78, 5) is 11.3. The standard InChI is InChI=1S/C16H18N6O2/c1-24-8-7-21-11-12(10-18-21)14-9-15(19-16(17)23)22(20-14)13-5-3-2-4-6-13/h2-6,9-11H,7-8H2,1H3,(H3,17,19,23). The molecule has 3 rings (SSSR count). The minimum atomic E-state index is -0.644. The highest BCUT2D eigenvalue weighted by atomic mass is 16.5. The molecule has 0 unspecified atom stereocenters. The van der Waals surface area contributed by atoms with Crippen LogP contribution in [0.15, 0.2) is 48.8 Å². The lowest BCUT2D eigenvalue weighted by Crippen LogP contribution is -2.21. The topological polar surface area (TPSA) is 100.0 Å². The molecule has 0 aliphatic carbocycles. The molecule has 2 heterocycles. The number of amides is 2. The number of benzene rings is 1. The normalized spacial score (nSPS) is 10.7. The van der Waals surface area contributed by atoms with Gasteiger partial charge in [0.25, 0.3) is 0 Å². The molecule has 124 valence electrons. The van der Waals surface area contributed by atoms with Gasteiger partial charge in [-0.1, -0.05) is 18.2 Å². The van der Waals surface area contributed by atoms with E-state index >= 15 is 0 Å². The third kappa shape index (κ3) is 3.44. The molecule has 0 radical (unpaired) electrons. The van der Waals surface area contributed by atoms with E-state index in [2.05, 4.69) is 15.5 Å². The number of hydrogen-bond acceptors (Lipinski definition) is 4. The Morgan fingerprint density at radius 1 is 1.33 bits per heavy atom. The third-order valence-electron chi connectivity index (χ3n) is 3.41. The quantitative estimate of drug-likeness (QED) is 0.722. The average Bonchev–Trinajstić information content (AvgIpc) is 3.20. The Hall–Kier alpha value is -3.13. The molecule has 0 saturated heterocycles. The van der Waals surface area contributed by atoms with Crippen molar-refractivity contribution >= 4 is 11.8 Å². The van der Waals surface area contributed by atoms with Gasteiger partial charge < -0.3 is 10.5 Å². The lowest BCUT2D eigenvalue weighted by atomic mass is 10.2. The van der Waals surface area contributed by atoms with E-state index in [1.54, 1.807) is 28.7 Å². The lowest BCUT2D eigenvalue weighted by molar-refractivity contribution is 0.183. The summed E-state index contributed by atoms with van der Waals surface area (Å²) in [7, 11) is 1.65. The number of nitrogens with two attached hydrogens (primary N) is 1. The number of carbonyl (C=O) groups excluding carboxylic acids is 1. The second-order valence-corrected chi connectivity index (χ2v) is 5.14. The van der Waals surface area contributed by atoms with Crippen LogP contribution in [-0.2, 0) is 11.3 Å². The van der Waals surface area contributed by atoms with Crippen LogP contribution in [0.5, 0.6) is 0 Å². The summed E-state index contributed by atoms with van der Waals surface area (Å²) in [5, 5.41) is 11.4. The van der Waals surface area contributed by atoms with Crippen molar-refractivity contribution in [2.24, 2.45) is 5.73 Å². The summed E-state index contributed by atoms with van der Waals surface area (Å²) in [6.45, 7) is 1.23. The number of nitrogens with zero attached hydrogens (tertiary/aromatic N) is 4. The zero-order valence-corrected chi connectivity index (χ0v) is 13.2. The van der Waals surface area contributed by atoms with Gasteiger partial charge in [-0.15, -0.1) is 0 Å². The predicted molar refractivity (Wildman–Crippen MR) is 89.9 cm³/mol. The highest BCUT2D eigenvalue weighted by molar-refractivity contribution is 5.88. The molecule has 0 bridgehead atoms. The van der Waals surface area contributed by atoms with Gasteiger partial charge in [-0.05, 0) is 12.1 Å². The number of carbonyl (C=O) groups is 1. The lowest BCUT2D eigenvalue weighted by Gasteiger charge is -2.06. The first-order valence-corrected chi connectivity index (χ1v) is 7.41. The van der Waals surface area contributed by atoms with Gasteiger partial charge in [0.1, 0.15) is 5.82 Å². The van der Waals surface area contributed by atoms with E-state index in [1.807, 2.05) is 36.5 Å². The van der Waals surface area contributed by atoms with Gasteiger partial charge in [-0.3, -0.25) is 10.00 Å². The molecule has 0 atom stereocenters. The molecule has 0 aliphatic rings. The third-order valence-corrected chi connectivity index (χ3v) is 3.41. The molecule has 0 fully saturated rings.